The van der Waals surface area contributed by atoms with Crippen molar-refractivity contribution in [3.63, 3.8) is 0 Å². The van der Waals surface area contributed by atoms with Gasteiger partial charge in [-0.2, -0.15) is 0 Å². The zero-order valence-corrected chi connectivity index (χ0v) is 23.4. The first-order chi connectivity index (χ1) is 17.9. The van der Waals surface area contributed by atoms with Crippen molar-refractivity contribution in [2.75, 3.05) is 17.5 Å². The van der Waals surface area contributed by atoms with Crippen LogP contribution in [0.15, 0.2) is 60.7 Å². The third-order valence-corrected chi connectivity index (χ3v) is 7.21. The van der Waals surface area contributed by atoms with E-state index in [9.17, 15) is 23.4 Å². The van der Waals surface area contributed by atoms with E-state index in [-0.39, 0.29) is 42.9 Å². The maximum Gasteiger partial charge on any atom is 0.229 e. The zero-order valence-electron chi connectivity index (χ0n) is 21.0. The van der Waals surface area contributed by atoms with Crippen molar-refractivity contribution in [2.45, 2.75) is 38.5 Å². The molecule has 0 saturated heterocycles. The van der Waals surface area contributed by atoms with E-state index in [1.165, 1.54) is 18.2 Å². The van der Waals surface area contributed by atoms with Crippen LogP contribution >= 0.6 is 23.2 Å². The first-order valence-electron chi connectivity index (χ1n) is 11.9. The number of aliphatic hydroxyl groups is 1. The van der Waals surface area contributed by atoms with Gasteiger partial charge in [0.15, 0.2) is 0 Å². The van der Waals surface area contributed by atoms with Crippen molar-refractivity contribution in [3.05, 3.63) is 93.0 Å². The standard InChI is InChI=1S/C27H31Cl2N3O5S/c1-17(30-16-25(34)20-9-10-24(33)23(14-20)32-38(2,36)37)11-18-5-3-6-19(12-18)13-26(35)31-15-21-7-4-8-22(28)27(21)29/h3-10,12,14,17,25,30,32-34H,11,13,15-16H2,1-2H3,(H,31,35)/t17-,25+/m1/s1. The topological polar surface area (TPSA) is 128 Å². The highest BCUT2D eigenvalue weighted by molar-refractivity contribution is 7.92. The Kier molecular flexibility index (Phi) is 10.4. The van der Waals surface area contributed by atoms with E-state index in [0.29, 0.717) is 22.0 Å². The van der Waals surface area contributed by atoms with Crippen molar-refractivity contribution in [1.82, 2.24) is 10.6 Å². The maximum absolute atomic E-state index is 12.5. The van der Waals surface area contributed by atoms with Gasteiger partial charge in [-0.25, -0.2) is 8.42 Å². The van der Waals surface area contributed by atoms with Crippen LogP contribution in [0.5, 0.6) is 5.75 Å². The molecule has 38 heavy (non-hydrogen) atoms. The average molecular weight is 581 g/mol. The van der Waals surface area contributed by atoms with E-state index in [4.69, 9.17) is 23.2 Å². The summed E-state index contributed by atoms with van der Waals surface area (Å²) in [6.45, 7) is 2.49. The number of rotatable bonds is 12. The summed E-state index contributed by atoms with van der Waals surface area (Å²) in [6.07, 6.45) is 0.951. The van der Waals surface area contributed by atoms with Gasteiger partial charge in [0.2, 0.25) is 15.9 Å². The number of aromatic hydroxyl groups is 1. The van der Waals surface area contributed by atoms with Crippen LogP contribution in [0.1, 0.15) is 35.3 Å². The number of amides is 1. The summed E-state index contributed by atoms with van der Waals surface area (Å²) in [4.78, 5) is 12.5. The molecule has 0 fully saturated rings. The zero-order chi connectivity index (χ0) is 27.9. The predicted molar refractivity (Wildman–Crippen MR) is 151 cm³/mol. The molecular formula is C27H31Cl2N3O5S. The fourth-order valence-corrected chi connectivity index (χ4v) is 4.84. The number of carbonyl (C=O) groups is 1. The smallest absolute Gasteiger partial charge is 0.229 e. The van der Waals surface area contributed by atoms with Crippen LogP contribution in [-0.2, 0) is 34.2 Å². The highest BCUT2D eigenvalue weighted by Crippen LogP contribution is 2.28. The first kappa shape index (κ1) is 29.7. The largest absolute Gasteiger partial charge is 0.506 e. The first-order valence-corrected chi connectivity index (χ1v) is 14.6. The Morgan fingerprint density at radius 1 is 1.03 bits per heavy atom. The molecular weight excluding hydrogens is 549 g/mol. The minimum atomic E-state index is -3.58. The average Bonchev–Trinajstić information content (AvgIpc) is 2.84. The van der Waals surface area contributed by atoms with Crippen LogP contribution in [0.25, 0.3) is 0 Å². The number of hydrogen-bond donors (Lipinski definition) is 5. The molecule has 0 radical (unpaired) electrons. The number of phenols is 1. The molecule has 0 aliphatic carbocycles. The Labute approximate surface area is 233 Å². The lowest BCUT2D eigenvalue weighted by atomic mass is 10.0. The summed E-state index contributed by atoms with van der Waals surface area (Å²) in [7, 11) is -3.58. The van der Waals surface area contributed by atoms with E-state index in [1.807, 2.05) is 37.3 Å². The van der Waals surface area contributed by atoms with Gasteiger partial charge in [-0.15, -0.1) is 0 Å². The number of sulfonamides is 1. The summed E-state index contributed by atoms with van der Waals surface area (Å²) < 4.78 is 25.2. The quantitative estimate of drug-likeness (QED) is 0.205. The van der Waals surface area contributed by atoms with Crippen molar-refractivity contribution < 1.29 is 23.4 Å². The molecule has 3 rings (SSSR count). The number of hydrogen-bond acceptors (Lipinski definition) is 6. The van der Waals surface area contributed by atoms with Gasteiger partial charge < -0.3 is 20.8 Å². The van der Waals surface area contributed by atoms with Crippen molar-refractivity contribution in [2.24, 2.45) is 0 Å². The summed E-state index contributed by atoms with van der Waals surface area (Å²) >= 11 is 12.2. The second-order valence-electron chi connectivity index (χ2n) is 9.17. The van der Waals surface area contributed by atoms with E-state index in [2.05, 4.69) is 15.4 Å². The van der Waals surface area contributed by atoms with Gasteiger partial charge in [0.1, 0.15) is 5.75 Å². The van der Waals surface area contributed by atoms with Crippen LogP contribution < -0.4 is 15.4 Å². The Balaban J connectivity index is 1.51. The molecule has 3 aromatic rings. The third-order valence-electron chi connectivity index (χ3n) is 5.77. The number of halogens is 2. The number of nitrogens with one attached hydrogen (secondary N) is 3. The predicted octanol–water partition coefficient (Wildman–Crippen LogP) is 4.18. The number of anilines is 1. The van der Waals surface area contributed by atoms with Gasteiger partial charge >= 0.3 is 0 Å². The minimum Gasteiger partial charge on any atom is -0.506 e. The molecule has 0 aliphatic rings. The third kappa shape index (κ3) is 9.18. The highest BCUT2D eigenvalue weighted by Gasteiger charge is 2.15. The molecule has 204 valence electrons. The van der Waals surface area contributed by atoms with Gasteiger partial charge in [0, 0.05) is 19.1 Å². The normalized spacial score (nSPS) is 13.1. The molecule has 0 spiro atoms. The Morgan fingerprint density at radius 2 is 1.74 bits per heavy atom. The monoisotopic (exact) mass is 579 g/mol. The number of aliphatic hydroxyl groups excluding tert-OH is 1. The van der Waals surface area contributed by atoms with E-state index >= 15 is 0 Å². The molecule has 3 aromatic carbocycles. The van der Waals surface area contributed by atoms with Gasteiger partial charge in [0.05, 0.1) is 34.5 Å². The summed E-state index contributed by atoms with van der Waals surface area (Å²) in [5, 5.41) is 27.5. The SMILES string of the molecule is C[C@H](Cc1cccc(CC(=O)NCc2cccc(Cl)c2Cl)c1)NC[C@H](O)c1ccc(O)c(NS(C)(=O)=O)c1. The maximum atomic E-state index is 12.5. The Morgan fingerprint density at radius 3 is 2.47 bits per heavy atom. The van der Waals surface area contributed by atoms with Crippen LogP contribution in [0.2, 0.25) is 10.0 Å². The second kappa shape index (κ2) is 13.3. The lowest BCUT2D eigenvalue weighted by Crippen LogP contribution is -2.32. The molecule has 5 N–H and O–H groups in total. The number of phenolic OH excluding ortho intramolecular Hbond substituents is 1. The van der Waals surface area contributed by atoms with E-state index in [1.54, 1.807) is 12.1 Å². The Bertz CT molecular complexity index is 1380. The summed E-state index contributed by atoms with van der Waals surface area (Å²) in [5.41, 5.74) is 3.12. The number of carbonyl (C=O) groups excluding carboxylic acids is 1. The van der Waals surface area contributed by atoms with Gasteiger partial charge in [-0.05, 0) is 53.8 Å². The van der Waals surface area contributed by atoms with E-state index < -0.39 is 16.1 Å². The van der Waals surface area contributed by atoms with Crippen molar-refractivity contribution in [3.8, 4) is 5.75 Å². The van der Waals surface area contributed by atoms with Gasteiger partial charge in [-0.3, -0.25) is 9.52 Å². The molecule has 1 amide bonds. The highest BCUT2D eigenvalue weighted by atomic mass is 35.5. The van der Waals surface area contributed by atoms with Crippen LogP contribution in [-0.4, -0.2) is 43.4 Å². The van der Waals surface area contributed by atoms with Gasteiger partial charge in [0.25, 0.3) is 0 Å². The van der Waals surface area contributed by atoms with Crippen LogP contribution in [0, 0.1) is 0 Å². The van der Waals surface area contributed by atoms with Crippen molar-refractivity contribution >= 4 is 44.8 Å². The van der Waals surface area contributed by atoms with Crippen molar-refractivity contribution in [1.29, 1.82) is 0 Å². The van der Waals surface area contributed by atoms with Gasteiger partial charge in [-0.1, -0.05) is 65.7 Å². The molecule has 0 aliphatic heterocycles. The summed E-state index contributed by atoms with van der Waals surface area (Å²) in [6, 6.07) is 17.3. The molecule has 0 unspecified atom stereocenters. The molecule has 11 heteroatoms. The second-order valence-corrected chi connectivity index (χ2v) is 11.7. The minimum absolute atomic E-state index is 0.00410. The molecule has 8 nitrogen and oxygen atoms in total. The Hall–Kier alpha value is -2.82. The lowest BCUT2D eigenvalue weighted by molar-refractivity contribution is -0.120. The van der Waals surface area contributed by atoms with E-state index in [0.717, 1.165) is 22.9 Å². The lowest BCUT2D eigenvalue weighted by Gasteiger charge is -2.19. The molecule has 2 atom stereocenters. The fraction of sp³-hybridized carbons (Fsp3) is 0.296. The van der Waals surface area contributed by atoms with Crippen LogP contribution in [0.3, 0.4) is 0 Å². The molecule has 0 saturated carbocycles. The summed E-state index contributed by atoms with van der Waals surface area (Å²) in [5.74, 6) is -0.361. The molecule has 0 heterocycles. The van der Waals surface area contributed by atoms with Crippen LogP contribution in [0.4, 0.5) is 5.69 Å². The molecule has 0 bridgehead atoms. The number of benzene rings is 3. The molecule has 0 aromatic heterocycles. The fourth-order valence-electron chi connectivity index (χ4n) is 3.89.